The van der Waals surface area contributed by atoms with E-state index in [9.17, 15) is 0 Å². The second-order valence-electron chi connectivity index (χ2n) is 5.06. The van der Waals surface area contributed by atoms with Crippen molar-refractivity contribution < 1.29 is 4.74 Å². The van der Waals surface area contributed by atoms with E-state index in [0.29, 0.717) is 24.7 Å². The Morgan fingerprint density at radius 2 is 2.21 bits per heavy atom. The van der Waals surface area contributed by atoms with Gasteiger partial charge < -0.3 is 15.0 Å². The molecule has 0 fully saturated rings. The molecule has 0 spiro atoms. The van der Waals surface area contributed by atoms with Gasteiger partial charge in [0, 0.05) is 6.61 Å². The van der Waals surface area contributed by atoms with Crippen molar-refractivity contribution >= 4 is 17.0 Å². The first-order valence-corrected chi connectivity index (χ1v) is 6.26. The summed E-state index contributed by atoms with van der Waals surface area (Å²) in [6.45, 7) is 7.22. The largest absolute Gasteiger partial charge is 0.374 e. The number of aromatic nitrogens is 2. The third-order valence-corrected chi connectivity index (χ3v) is 2.98. The third-order valence-electron chi connectivity index (χ3n) is 2.98. The van der Waals surface area contributed by atoms with E-state index in [0.717, 1.165) is 11.0 Å². The molecule has 2 rings (SSSR count). The van der Waals surface area contributed by atoms with Crippen molar-refractivity contribution in [2.45, 2.75) is 32.9 Å². The number of nitrogens with two attached hydrogens (primary N) is 1. The van der Waals surface area contributed by atoms with Crippen LogP contribution in [0, 0.1) is 11.3 Å². The van der Waals surface area contributed by atoms with Crippen LogP contribution in [0.25, 0.3) is 11.0 Å². The maximum atomic E-state index is 8.98. The zero-order valence-corrected chi connectivity index (χ0v) is 11.5. The minimum atomic E-state index is -0.334. The van der Waals surface area contributed by atoms with E-state index in [1.54, 1.807) is 12.1 Å². The van der Waals surface area contributed by atoms with E-state index in [4.69, 9.17) is 15.7 Å². The molecule has 1 heterocycles. The topological polar surface area (TPSA) is 76.9 Å². The lowest BCUT2D eigenvalue weighted by Gasteiger charge is -2.25. The van der Waals surface area contributed by atoms with Crippen molar-refractivity contribution in [3.8, 4) is 6.07 Å². The van der Waals surface area contributed by atoms with Gasteiger partial charge in [-0.15, -0.1) is 0 Å². The Balaban J connectivity index is 2.47. The molecule has 1 aromatic heterocycles. The van der Waals surface area contributed by atoms with E-state index >= 15 is 0 Å². The number of imidazole rings is 1. The van der Waals surface area contributed by atoms with Crippen LogP contribution in [0.3, 0.4) is 0 Å². The summed E-state index contributed by atoms with van der Waals surface area (Å²) in [5.74, 6) is 0.442. The molecule has 0 bridgehead atoms. The Kier molecular flexibility index (Phi) is 3.45. The average Bonchev–Trinajstić information content (AvgIpc) is 2.65. The zero-order chi connectivity index (χ0) is 14.0. The zero-order valence-electron chi connectivity index (χ0n) is 11.5. The van der Waals surface area contributed by atoms with Gasteiger partial charge in [-0.25, -0.2) is 4.98 Å². The van der Waals surface area contributed by atoms with Gasteiger partial charge in [-0.3, -0.25) is 0 Å². The third kappa shape index (κ3) is 2.69. The molecule has 0 aliphatic heterocycles. The van der Waals surface area contributed by atoms with Crippen molar-refractivity contribution in [3.05, 3.63) is 23.8 Å². The van der Waals surface area contributed by atoms with Gasteiger partial charge in [0.2, 0.25) is 5.95 Å². The number of nitrogen functional groups attached to an aromatic ring is 1. The maximum Gasteiger partial charge on any atom is 0.201 e. The number of fused-ring (bicyclic) bond motifs is 1. The van der Waals surface area contributed by atoms with Gasteiger partial charge in [0.15, 0.2) is 0 Å². The van der Waals surface area contributed by atoms with Gasteiger partial charge in [-0.1, -0.05) is 0 Å². The lowest BCUT2D eigenvalue weighted by Crippen LogP contribution is -2.31. The molecule has 0 saturated heterocycles. The highest BCUT2D eigenvalue weighted by molar-refractivity contribution is 5.79. The van der Waals surface area contributed by atoms with Crippen LogP contribution < -0.4 is 5.73 Å². The Labute approximate surface area is 112 Å². The fourth-order valence-electron chi connectivity index (χ4n) is 2.19. The van der Waals surface area contributed by atoms with Crippen molar-refractivity contribution in [2.24, 2.45) is 0 Å². The van der Waals surface area contributed by atoms with Crippen LogP contribution in [0.15, 0.2) is 18.2 Å². The van der Waals surface area contributed by atoms with Gasteiger partial charge in [0.05, 0.1) is 34.8 Å². The second kappa shape index (κ2) is 4.90. The van der Waals surface area contributed by atoms with Gasteiger partial charge in [0.1, 0.15) is 0 Å². The monoisotopic (exact) mass is 258 g/mol. The lowest BCUT2D eigenvalue weighted by atomic mass is 10.1. The molecule has 0 saturated carbocycles. The highest BCUT2D eigenvalue weighted by Gasteiger charge is 2.21. The van der Waals surface area contributed by atoms with Gasteiger partial charge >= 0.3 is 0 Å². The number of rotatable bonds is 4. The number of nitrogens with zero attached hydrogens (tertiary/aromatic N) is 3. The molecule has 5 nitrogen and oxygen atoms in total. The SMILES string of the molecule is CCOC(C)(C)Cn1c(N)nc2ccc(C#N)cc21. The second-order valence-corrected chi connectivity index (χ2v) is 5.06. The summed E-state index contributed by atoms with van der Waals surface area (Å²) in [5.41, 5.74) is 7.89. The van der Waals surface area contributed by atoms with Crippen molar-refractivity contribution in [2.75, 3.05) is 12.3 Å². The number of benzene rings is 1. The predicted molar refractivity (Wildman–Crippen MR) is 74.6 cm³/mol. The molecule has 0 unspecified atom stereocenters. The normalized spacial score (nSPS) is 11.7. The number of anilines is 1. The first-order valence-electron chi connectivity index (χ1n) is 6.26. The summed E-state index contributed by atoms with van der Waals surface area (Å²) in [4.78, 5) is 4.31. The minimum Gasteiger partial charge on any atom is -0.374 e. The summed E-state index contributed by atoms with van der Waals surface area (Å²) in [7, 11) is 0. The molecule has 0 amide bonds. The summed E-state index contributed by atoms with van der Waals surface area (Å²) in [5, 5.41) is 8.98. The highest BCUT2D eigenvalue weighted by atomic mass is 16.5. The molecule has 0 atom stereocenters. The Bertz CT molecular complexity index is 637. The van der Waals surface area contributed by atoms with E-state index in [-0.39, 0.29) is 5.60 Å². The minimum absolute atomic E-state index is 0.334. The molecule has 2 N–H and O–H groups in total. The van der Waals surface area contributed by atoms with Crippen molar-refractivity contribution in [1.82, 2.24) is 9.55 Å². The van der Waals surface area contributed by atoms with Crippen molar-refractivity contribution in [1.29, 1.82) is 5.26 Å². The van der Waals surface area contributed by atoms with Crippen LogP contribution in [0.2, 0.25) is 0 Å². The fourth-order valence-corrected chi connectivity index (χ4v) is 2.19. The highest BCUT2D eigenvalue weighted by Crippen LogP contribution is 2.23. The maximum absolute atomic E-state index is 8.98. The smallest absolute Gasteiger partial charge is 0.201 e. The molecule has 2 aromatic rings. The number of hydrogen-bond acceptors (Lipinski definition) is 4. The first-order chi connectivity index (χ1) is 8.96. The molecule has 0 radical (unpaired) electrons. The van der Waals surface area contributed by atoms with E-state index in [1.165, 1.54) is 0 Å². The Hall–Kier alpha value is -2.06. The van der Waals surface area contributed by atoms with Crippen LogP contribution in [-0.4, -0.2) is 21.8 Å². The van der Waals surface area contributed by atoms with Crippen molar-refractivity contribution in [3.63, 3.8) is 0 Å². The molecule has 0 aliphatic carbocycles. The fraction of sp³-hybridized carbons (Fsp3) is 0.429. The summed E-state index contributed by atoms with van der Waals surface area (Å²) in [6, 6.07) is 7.49. The van der Waals surface area contributed by atoms with Gasteiger partial charge in [-0.2, -0.15) is 5.26 Å². The molecular formula is C14H18N4O. The quantitative estimate of drug-likeness (QED) is 0.912. The Morgan fingerprint density at radius 1 is 1.47 bits per heavy atom. The van der Waals surface area contributed by atoms with Crippen LogP contribution in [0.4, 0.5) is 5.95 Å². The molecule has 5 heteroatoms. The van der Waals surface area contributed by atoms with Crippen LogP contribution >= 0.6 is 0 Å². The van der Waals surface area contributed by atoms with Gasteiger partial charge in [-0.05, 0) is 39.0 Å². The molecule has 19 heavy (non-hydrogen) atoms. The number of hydrogen-bond donors (Lipinski definition) is 1. The average molecular weight is 258 g/mol. The van der Waals surface area contributed by atoms with E-state index < -0.39 is 0 Å². The van der Waals surface area contributed by atoms with Crippen LogP contribution in [0.1, 0.15) is 26.3 Å². The van der Waals surface area contributed by atoms with Gasteiger partial charge in [0.25, 0.3) is 0 Å². The number of nitriles is 1. The first kappa shape index (κ1) is 13.4. The van der Waals surface area contributed by atoms with E-state index in [1.807, 2.05) is 31.4 Å². The standard InChI is InChI=1S/C14H18N4O/c1-4-19-14(2,3)9-18-12-7-10(8-15)5-6-11(12)17-13(18)16/h5-7H,4,9H2,1-3H3,(H2,16,17). The molecular weight excluding hydrogens is 240 g/mol. The van der Waals surface area contributed by atoms with Crippen LogP contribution in [-0.2, 0) is 11.3 Å². The predicted octanol–water partition coefficient (Wildman–Crippen LogP) is 2.31. The van der Waals surface area contributed by atoms with E-state index in [2.05, 4.69) is 11.1 Å². The summed E-state index contributed by atoms with van der Waals surface area (Å²) in [6.07, 6.45) is 0. The summed E-state index contributed by atoms with van der Waals surface area (Å²) >= 11 is 0. The number of ether oxygens (including phenoxy) is 1. The van der Waals surface area contributed by atoms with Crippen LogP contribution in [0.5, 0.6) is 0 Å². The Morgan fingerprint density at radius 3 is 2.84 bits per heavy atom. The lowest BCUT2D eigenvalue weighted by molar-refractivity contribution is -0.0212. The molecule has 0 aliphatic rings. The molecule has 1 aromatic carbocycles. The summed E-state index contributed by atoms with van der Waals surface area (Å²) < 4.78 is 7.59. The molecule has 100 valence electrons.